The number of Topliss-reactive ketones (excluding diaryl/α,β-unsaturated/α-hetero) is 1. The summed E-state index contributed by atoms with van der Waals surface area (Å²) in [7, 11) is 0. The average molecular weight is 381 g/mol. The SMILES string of the molecule is C=C(/C=C(/C(=O)CC)c1ccccc1C)c1ccc(-c2ccc(C)cc2C)cc1. The fourth-order valence-electron chi connectivity index (χ4n) is 3.63. The molecule has 0 radical (unpaired) electrons. The van der Waals surface area contributed by atoms with E-state index in [-0.39, 0.29) is 5.78 Å². The highest BCUT2D eigenvalue weighted by Gasteiger charge is 2.13. The van der Waals surface area contributed by atoms with Crippen molar-refractivity contribution in [2.45, 2.75) is 34.1 Å². The molecular weight excluding hydrogens is 352 g/mol. The second kappa shape index (κ2) is 8.87. The summed E-state index contributed by atoms with van der Waals surface area (Å²) in [5.41, 5.74) is 9.64. The Bertz CT molecular complexity index is 1080. The van der Waals surface area contributed by atoms with E-state index in [1.54, 1.807) is 0 Å². The topological polar surface area (TPSA) is 17.1 Å². The third-order valence-corrected chi connectivity index (χ3v) is 5.32. The predicted octanol–water partition coefficient (Wildman–Crippen LogP) is 7.35. The molecule has 3 aromatic rings. The van der Waals surface area contributed by atoms with E-state index in [2.05, 4.69) is 62.9 Å². The van der Waals surface area contributed by atoms with Crippen molar-refractivity contribution >= 4 is 16.9 Å². The minimum atomic E-state index is 0.132. The number of carbonyl (C=O) groups excluding carboxylic acids is 1. The number of hydrogen-bond acceptors (Lipinski definition) is 1. The van der Waals surface area contributed by atoms with Crippen LogP contribution in [0.5, 0.6) is 0 Å². The molecule has 0 fully saturated rings. The van der Waals surface area contributed by atoms with Gasteiger partial charge in [0.15, 0.2) is 5.78 Å². The van der Waals surface area contributed by atoms with Crippen LogP contribution in [0.15, 0.2) is 79.4 Å². The predicted molar refractivity (Wildman–Crippen MR) is 125 cm³/mol. The zero-order valence-electron chi connectivity index (χ0n) is 17.8. The molecule has 29 heavy (non-hydrogen) atoms. The standard InChI is InChI=1S/C28H28O/c1-6-28(29)27(26-10-8-7-9-20(26)3)18-21(4)23-12-14-24(15-13-23)25-16-11-19(2)17-22(25)5/h7-18H,4,6H2,1-3,5H3/b27-18+. The van der Waals surface area contributed by atoms with Gasteiger partial charge in [0, 0.05) is 12.0 Å². The van der Waals surface area contributed by atoms with Gasteiger partial charge in [-0.2, -0.15) is 0 Å². The van der Waals surface area contributed by atoms with Crippen molar-refractivity contribution in [3.63, 3.8) is 0 Å². The Morgan fingerprint density at radius 3 is 2.21 bits per heavy atom. The molecule has 1 heteroatoms. The number of aryl methyl sites for hydroxylation is 3. The van der Waals surface area contributed by atoms with Gasteiger partial charge in [-0.05, 0) is 65.8 Å². The van der Waals surface area contributed by atoms with E-state index in [1.165, 1.54) is 22.3 Å². The van der Waals surface area contributed by atoms with Gasteiger partial charge in [-0.25, -0.2) is 0 Å². The Kier molecular flexibility index (Phi) is 6.29. The van der Waals surface area contributed by atoms with Crippen LogP contribution in [0.1, 0.15) is 41.2 Å². The lowest BCUT2D eigenvalue weighted by Gasteiger charge is -2.12. The lowest BCUT2D eigenvalue weighted by Crippen LogP contribution is -2.02. The summed E-state index contributed by atoms with van der Waals surface area (Å²) in [5.74, 6) is 0.132. The molecule has 0 saturated carbocycles. The molecule has 0 spiro atoms. The van der Waals surface area contributed by atoms with Crippen molar-refractivity contribution in [1.29, 1.82) is 0 Å². The van der Waals surface area contributed by atoms with E-state index >= 15 is 0 Å². The van der Waals surface area contributed by atoms with Crippen LogP contribution in [0.25, 0.3) is 22.3 Å². The number of allylic oxidation sites excluding steroid dienone is 3. The summed E-state index contributed by atoms with van der Waals surface area (Å²) in [5, 5.41) is 0. The molecule has 146 valence electrons. The van der Waals surface area contributed by atoms with Crippen molar-refractivity contribution < 1.29 is 4.79 Å². The van der Waals surface area contributed by atoms with Crippen LogP contribution in [0.3, 0.4) is 0 Å². The molecule has 0 unspecified atom stereocenters. The lowest BCUT2D eigenvalue weighted by molar-refractivity contribution is -0.113. The van der Waals surface area contributed by atoms with E-state index in [0.29, 0.717) is 6.42 Å². The minimum absolute atomic E-state index is 0.132. The smallest absolute Gasteiger partial charge is 0.163 e. The quantitative estimate of drug-likeness (QED) is 0.322. The fourth-order valence-corrected chi connectivity index (χ4v) is 3.63. The van der Waals surface area contributed by atoms with Crippen molar-refractivity contribution in [3.8, 4) is 11.1 Å². The van der Waals surface area contributed by atoms with E-state index < -0.39 is 0 Å². The third-order valence-electron chi connectivity index (χ3n) is 5.32. The first-order valence-electron chi connectivity index (χ1n) is 10.1. The monoisotopic (exact) mass is 380 g/mol. The highest BCUT2D eigenvalue weighted by molar-refractivity contribution is 6.22. The molecule has 0 aliphatic heterocycles. The zero-order chi connectivity index (χ0) is 21.0. The molecule has 0 aliphatic carbocycles. The van der Waals surface area contributed by atoms with Gasteiger partial charge in [0.2, 0.25) is 0 Å². The molecule has 0 bridgehead atoms. The van der Waals surface area contributed by atoms with Gasteiger partial charge in [-0.15, -0.1) is 0 Å². The van der Waals surface area contributed by atoms with Crippen LogP contribution >= 0.6 is 0 Å². The zero-order valence-corrected chi connectivity index (χ0v) is 17.8. The van der Waals surface area contributed by atoms with Crippen molar-refractivity contribution in [3.05, 3.63) is 107 Å². The van der Waals surface area contributed by atoms with Gasteiger partial charge < -0.3 is 0 Å². The number of rotatable bonds is 6. The van der Waals surface area contributed by atoms with E-state index in [9.17, 15) is 4.79 Å². The van der Waals surface area contributed by atoms with E-state index in [0.717, 1.165) is 27.8 Å². The van der Waals surface area contributed by atoms with Crippen LogP contribution in [-0.4, -0.2) is 5.78 Å². The van der Waals surface area contributed by atoms with Crippen molar-refractivity contribution in [2.75, 3.05) is 0 Å². The summed E-state index contributed by atoms with van der Waals surface area (Å²) < 4.78 is 0. The molecule has 3 aromatic carbocycles. The number of benzene rings is 3. The number of carbonyl (C=O) groups is 1. The third kappa shape index (κ3) is 4.63. The Labute approximate surface area is 174 Å². The molecule has 0 saturated heterocycles. The molecule has 0 N–H and O–H groups in total. The molecule has 1 nitrogen and oxygen atoms in total. The van der Waals surface area contributed by atoms with Gasteiger partial charge in [-0.1, -0.05) is 85.8 Å². The summed E-state index contributed by atoms with van der Waals surface area (Å²) in [6.45, 7) is 12.4. The van der Waals surface area contributed by atoms with Gasteiger partial charge in [-0.3, -0.25) is 4.79 Å². The molecule has 0 atom stereocenters. The average Bonchev–Trinajstić information content (AvgIpc) is 2.72. The Morgan fingerprint density at radius 1 is 0.897 bits per heavy atom. The highest BCUT2D eigenvalue weighted by atomic mass is 16.1. The maximum atomic E-state index is 12.6. The molecule has 0 heterocycles. The Morgan fingerprint density at radius 2 is 1.59 bits per heavy atom. The number of hydrogen-bond donors (Lipinski definition) is 0. The van der Waals surface area contributed by atoms with Crippen LogP contribution in [0.4, 0.5) is 0 Å². The first-order chi connectivity index (χ1) is 13.9. The summed E-state index contributed by atoms with van der Waals surface area (Å²) >= 11 is 0. The second-order valence-electron chi connectivity index (χ2n) is 7.57. The van der Waals surface area contributed by atoms with E-state index in [4.69, 9.17) is 0 Å². The second-order valence-corrected chi connectivity index (χ2v) is 7.57. The van der Waals surface area contributed by atoms with Crippen LogP contribution in [0, 0.1) is 20.8 Å². The van der Waals surface area contributed by atoms with Gasteiger partial charge in [0.1, 0.15) is 0 Å². The largest absolute Gasteiger partial charge is 0.294 e. The minimum Gasteiger partial charge on any atom is -0.294 e. The molecule has 0 aliphatic rings. The number of ketones is 1. The maximum absolute atomic E-state index is 12.6. The van der Waals surface area contributed by atoms with Crippen molar-refractivity contribution in [1.82, 2.24) is 0 Å². The van der Waals surface area contributed by atoms with Gasteiger partial charge in [0.05, 0.1) is 0 Å². The Balaban J connectivity index is 1.94. The van der Waals surface area contributed by atoms with Crippen LogP contribution < -0.4 is 0 Å². The fraction of sp³-hybridized carbons (Fsp3) is 0.179. The van der Waals surface area contributed by atoms with Crippen LogP contribution in [-0.2, 0) is 4.79 Å². The van der Waals surface area contributed by atoms with E-state index in [1.807, 2.05) is 44.2 Å². The highest BCUT2D eigenvalue weighted by Crippen LogP contribution is 2.28. The van der Waals surface area contributed by atoms with Crippen molar-refractivity contribution in [2.24, 2.45) is 0 Å². The first-order valence-corrected chi connectivity index (χ1v) is 10.1. The first kappa shape index (κ1) is 20.5. The molecule has 3 rings (SSSR count). The molecule has 0 amide bonds. The summed E-state index contributed by atoms with van der Waals surface area (Å²) in [6.07, 6.45) is 2.40. The molecular formula is C28H28O. The lowest BCUT2D eigenvalue weighted by atomic mass is 9.92. The van der Waals surface area contributed by atoms with Crippen LogP contribution in [0.2, 0.25) is 0 Å². The molecule has 0 aromatic heterocycles. The van der Waals surface area contributed by atoms with Gasteiger partial charge in [0.25, 0.3) is 0 Å². The van der Waals surface area contributed by atoms with Gasteiger partial charge >= 0.3 is 0 Å². The summed E-state index contributed by atoms with van der Waals surface area (Å²) in [4.78, 5) is 12.6. The summed E-state index contributed by atoms with van der Waals surface area (Å²) in [6, 6.07) is 22.9. The Hall–Kier alpha value is -3.19. The normalized spacial score (nSPS) is 11.4. The maximum Gasteiger partial charge on any atom is 0.163 e.